The van der Waals surface area contributed by atoms with Crippen LogP contribution in [0.5, 0.6) is 0 Å². The molecular formula is C31H33FN4O3. The number of rotatable bonds is 8. The molecule has 7 nitrogen and oxygen atoms in total. The Bertz CT molecular complexity index is 1450. The number of halogens is 1. The van der Waals surface area contributed by atoms with E-state index in [1.807, 2.05) is 50.4 Å². The van der Waals surface area contributed by atoms with Gasteiger partial charge in [-0.15, -0.1) is 0 Å². The van der Waals surface area contributed by atoms with Crippen LogP contribution in [-0.2, 0) is 22.4 Å². The summed E-state index contributed by atoms with van der Waals surface area (Å²) in [6.45, 7) is 2.63. The van der Waals surface area contributed by atoms with E-state index in [0.29, 0.717) is 30.1 Å². The number of H-pyrrole nitrogens is 1. The fourth-order valence-electron chi connectivity index (χ4n) is 5.88. The second-order valence-electron chi connectivity index (χ2n) is 11.7. The summed E-state index contributed by atoms with van der Waals surface area (Å²) in [5.74, 6) is -0.109. The minimum atomic E-state index is -1.09. The summed E-state index contributed by atoms with van der Waals surface area (Å²) in [7, 11) is 1.84. The standard InChI is InChI=1S/C31H33FN4O3/c1-31(30(39)36(2)17-19-8-9-19)15-24-27(25(37)16-31)22(12-18-6-4-3-5-7-18)28(34-24)20-10-11-33-26(13-20)35-29(38)21-14-23(21)32/h3-7,10-11,13,19,21,23,34H,8-9,12,14-17H2,1-2H3,(H,33,35,38)/t21-,23+,31?/m1/s1. The van der Waals surface area contributed by atoms with Crippen LogP contribution in [0.1, 0.15) is 59.8 Å². The molecule has 0 saturated heterocycles. The zero-order valence-corrected chi connectivity index (χ0v) is 22.3. The van der Waals surface area contributed by atoms with Crippen LogP contribution in [0, 0.1) is 17.3 Å². The van der Waals surface area contributed by atoms with Crippen LogP contribution in [-0.4, -0.2) is 52.2 Å². The number of amides is 2. The maximum atomic E-state index is 13.7. The number of alkyl halides is 1. The van der Waals surface area contributed by atoms with Gasteiger partial charge in [-0.2, -0.15) is 0 Å². The first-order valence-corrected chi connectivity index (χ1v) is 13.7. The number of ketones is 1. The van der Waals surface area contributed by atoms with Crippen molar-refractivity contribution in [1.29, 1.82) is 0 Å². The van der Waals surface area contributed by atoms with Crippen LogP contribution >= 0.6 is 0 Å². The van der Waals surface area contributed by atoms with Crippen molar-refractivity contribution in [3.63, 3.8) is 0 Å². The molecule has 0 bridgehead atoms. The smallest absolute Gasteiger partial charge is 0.231 e. The predicted molar refractivity (Wildman–Crippen MR) is 146 cm³/mol. The maximum absolute atomic E-state index is 13.7. The number of aromatic amines is 1. The van der Waals surface area contributed by atoms with Crippen molar-refractivity contribution in [3.05, 3.63) is 71.0 Å². The summed E-state index contributed by atoms with van der Waals surface area (Å²) < 4.78 is 13.4. The van der Waals surface area contributed by atoms with Crippen LogP contribution in [0.3, 0.4) is 0 Å². The Morgan fingerprint density at radius 1 is 1.18 bits per heavy atom. The molecule has 2 aromatic heterocycles. The molecule has 2 heterocycles. The van der Waals surface area contributed by atoms with Gasteiger partial charge >= 0.3 is 0 Å². The lowest BCUT2D eigenvalue weighted by Gasteiger charge is -2.35. The molecule has 1 aromatic carbocycles. The van der Waals surface area contributed by atoms with Crippen LogP contribution in [0.25, 0.3) is 11.3 Å². The van der Waals surface area contributed by atoms with E-state index in [9.17, 15) is 18.8 Å². The third kappa shape index (κ3) is 5.12. The average Bonchev–Trinajstić information content (AvgIpc) is 3.83. The molecule has 39 heavy (non-hydrogen) atoms. The van der Waals surface area contributed by atoms with E-state index in [1.165, 1.54) is 0 Å². The first-order valence-electron chi connectivity index (χ1n) is 13.7. The largest absolute Gasteiger partial charge is 0.358 e. The van der Waals surface area contributed by atoms with Gasteiger partial charge in [0.05, 0.1) is 17.0 Å². The van der Waals surface area contributed by atoms with Crippen molar-refractivity contribution >= 4 is 23.4 Å². The Kier molecular flexibility index (Phi) is 6.36. The molecule has 3 aliphatic rings. The molecular weight excluding hydrogens is 495 g/mol. The van der Waals surface area contributed by atoms with Gasteiger partial charge in [-0.3, -0.25) is 14.4 Å². The van der Waals surface area contributed by atoms with E-state index in [2.05, 4.69) is 15.3 Å². The van der Waals surface area contributed by atoms with Crippen molar-refractivity contribution in [2.24, 2.45) is 17.3 Å². The quantitative estimate of drug-likeness (QED) is 0.432. The number of pyridine rings is 1. The fraction of sp³-hybridized carbons (Fsp3) is 0.419. The fourth-order valence-corrected chi connectivity index (χ4v) is 5.88. The third-order valence-electron chi connectivity index (χ3n) is 8.24. The van der Waals surface area contributed by atoms with Gasteiger partial charge in [0.15, 0.2) is 5.78 Å². The molecule has 2 fully saturated rings. The topological polar surface area (TPSA) is 95.2 Å². The molecule has 0 radical (unpaired) electrons. The Labute approximate surface area is 227 Å². The summed E-state index contributed by atoms with van der Waals surface area (Å²) in [5.41, 5.74) is 4.08. The maximum Gasteiger partial charge on any atom is 0.231 e. The summed E-state index contributed by atoms with van der Waals surface area (Å²) >= 11 is 0. The van der Waals surface area contributed by atoms with E-state index in [1.54, 1.807) is 17.2 Å². The van der Waals surface area contributed by atoms with Gasteiger partial charge in [-0.05, 0) is 55.4 Å². The zero-order valence-electron chi connectivity index (χ0n) is 22.3. The monoisotopic (exact) mass is 528 g/mol. The molecule has 6 rings (SSSR count). The van der Waals surface area contributed by atoms with Gasteiger partial charge in [0.25, 0.3) is 0 Å². The summed E-state index contributed by atoms with van der Waals surface area (Å²) in [5, 5.41) is 2.72. The number of nitrogens with zero attached hydrogens (tertiary/aromatic N) is 2. The summed E-state index contributed by atoms with van der Waals surface area (Å²) in [6.07, 6.45) is 4.20. The number of Topliss-reactive ketones (excluding diaryl/α,β-unsaturated/α-hetero) is 1. The molecule has 3 atom stereocenters. The number of fused-ring (bicyclic) bond motifs is 1. The van der Waals surface area contributed by atoms with Crippen molar-refractivity contribution in [2.45, 2.75) is 51.6 Å². The first-order chi connectivity index (χ1) is 18.7. The normalized spacial score (nSPS) is 23.7. The van der Waals surface area contributed by atoms with Gasteiger partial charge in [0, 0.05) is 55.9 Å². The zero-order chi connectivity index (χ0) is 27.3. The second-order valence-corrected chi connectivity index (χ2v) is 11.7. The number of anilines is 1. The van der Waals surface area contributed by atoms with Gasteiger partial charge in [-0.1, -0.05) is 30.3 Å². The Morgan fingerprint density at radius 3 is 2.62 bits per heavy atom. The number of nitrogens with one attached hydrogen (secondary N) is 2. The second kappa shape index (κ2) is 9.74. The van der Waals surface area contributed by atoms with E-state index in [-0.39, 0.29) is 30.4 Å². The van der Waals surface area contributed by atoms with Crippen molar-refractivity contribution in [1.82, 2.24) is 14.9 Å². The summed E-state index contributed by atoms with van der Waals surface area (Å²) in [4.78, 5) is 49.1. The number of hydrogen-bond donors (Lipinski definition) is 2. The molecule has 1 unspecified atom stereocenters. The number of carbonyl (C=O) groups excluding carboxylic acids is 3. The van der Waals surface area contributed by atoms with Crippen LogP contribution < -0.4 is 5.32 Å². The van der Waals surface area contributed by atoms with Gasteiger partial charge in [0.2, 0.25) is 11.8 Å². The van der Waals surface area contributed by atoms with Crippen LogP contribution in [0.4, 0.5) is 10.2 Å². The Balaban J connectivity index is 1.36. The third-order valence-corrected chi connectivity index (χ3v) is 8.24. The molecule has 202 valence electrons. The van der Waals surface area contributed by atoms with E-state index in [0.717, 1.165) is 47.5 Å². The summed E-state index contributed by atoms with van der Waals surface area (Å²) in [6, 6.07) is 13.5. The first kappa shape index (κ1) is 25.5. The van der Waals surface area contributed by atoms with E-state index in [4.69, 9.17) is 0 Å². The van der Waals surface area contributed by atoms with Crippen molar-refractivity contribution < 1.29 is 18.8 Å². The highest BCUT2D eigenvalue weighted by Gasteiger charge is 2.45. The van der Waals surface area contributed by atoms with Crippen molar-refractivity contribution in [3.8, 4) is 11.3 Å². The number of benzene rings is 1. The highest BCUT2D eigenvalue weighted by molar-refractivity contribution is 6.05. The van der Waals surface area contributed by atoms with Gasteiger partial charge in [0.1, 0.15) is 12.0 Å². The molecule has 2 N–H and O–H groups in total. The molecule has 2 saturated carbocycles. The molecule has 0 aliphatic heterocycles. The van der Waals surface area contributed by atoms with Gasteiger partial charge < -0.3 is 15.2 Å². The van der Waals surface area contributed by atoms with Crippen LogP contribution in [0.2, 0.25) is 0 Å². The molecule has 3 aromatic rings. The SMILES string of the molecule is CN(CC1CC1)C(=O)C1(C)CC(=O)c2c([nH]c(-c3ccnc(NC(=O)[C@@H]4C[C@@H]4F)c3)c2Cc2ccccc2)C1. The lowest BCUT2D eigenvalue weighted by molar-refractivity contribution is -0.140. The lowest BCUT2D eigenvalue weighted by atomic mass is 9.72. The van der Waals surface area contributed by atoms with E-state index >= 15 is 0 Å². The van der Waals surface area contributed by atoms with Gasteiger partial charge in [-0.25, -0.2) is 9.37 Å². The minimum absolute atomic E-state index is 0.00862. The Morgan fingerprint density at radius 2 is 1.92 bits per heavy atom. The molecule has 0 spiro atoms. The number of aromatic nitrogens is 2. The number of hydrogen-bond acceptors (Lipinski definition) is 4. The lowest BCUT2D eigenvalue weighted by Crippen LogP contribution is -2.45. The predicted octanol–water partition coefficient (Wildman–Crippen LogP) is 4.97. The Hall–Kier alpha value is -3.81. The highest BCUT2D eigenvalue weighted by atomic mass is 19.1. The van der Waals surface area contributed by atoms with E-state index < -0.39 is 17.5 Å². The molecule has 8 heteroatoms. The minimum Gasteiger partial charge on any atom is -0.358 e. The van der Waals surface area contributed by atoms with Crippen LogP contribution in [0.15, 0.2) is 48.7 Å². The molecule has 3 aliphatic carbocycles. The average molecular weight is 529 g/mol. The highest BCUT2D eigenvalue weighted by Crippen LogP contribution is 2.42. The number of carbonyl (C=O) groups is 3. The van der Waals surface area contributed by atoms with Crippen molar-refractivity contribution in [2.75, 3.05) is 18.9 Å². The molecule has 2 amide bonds.